The Morgan fingerprint density at radius 3 is 1.93 bits per heavy atom. The fourth-order valence-electron chi connectivity index (χ4n) is 8.03. The molecule has 0 heterocycles. The third-order valence-corrected chi connectivity index (χ3v) is 11.8. The summed E-state index contributed by atoms with van der Waals surface area (Å²) >= 11 is 0. The Hall–Kier alpha value is -6.14. The van der Waals surface area contributed by atoms with Crippen molar-refractivity contribution in [2.45, 2.75) is 131 Å². The first-order valence-corrected chi connectivity index (χ1v) is 22.8. The number of carbonyl (C=O) groups excluding carboxylic acids is 6. The van der Waals surface area contributed by atoms with Gasteiger partial charge in [-0.25, -0.2) is 9.59 Å². The first-order chi connectivity index (χ1) is 32.7. The molecule has 15 N–H and O–H groups in total. The van der Waals surface area contributed by atoms with E-state index in [1.54, 1.807) is 0 Å². The second kappa shape index (κ2) is 26.6. The standard InChI is InChI=1S/C47H65N5O17/c48-27-30(49-16-3-4-19-53)6-1-2-17-50-43(63)33(52-45(65)47(67)25-38(59)42(62)39(26-47)69-41(61)15-11-29-9-13-35(56)37(58)21-29)7-5-18-51-44(64)46(66)23-31(54)22-32(24-46)68-40(60)14-10-28-8-12-34(55)36(57)20-28/h8-15,19-21,30-33,38-39,42,49,54-59,62,66-67H,1-7,16-18,22-27,48H2,(H,50,63)(H,51,64)(H,52,65)/b14-10+,15-11+/t30?,31-,32-,33?,38+,39+,42+,46-,47-/m0/s1. The van der Waals surface area contributed by atoms with Crippen molar-refractivity contribution in [3.8, 4) is 23.0 Å². The Bertz CT molecular complexity index is 2140. The second-order valence-electron chi connectivity index (χ2n) is 17.4. The molecule has 0 aromatic heterocycles. The number of phenolic OH excluding ortho intramolecular Hbond substituents is 4. The molecular weight excluding hydrogens is 907 g/mol. The van der Waals surface area contributed by atoms with Crippen molar-refractivity contribution in [1.82, 2.24) is 21.3 Å². The number of unbranched alkanes of at least 4 members (excludes halogenated alkanes) is 2. The number of benzene rings is 2. The maximum atomic E-state index is 13.8. The summed E-state index contributed by atoms with van der Waals surface area (Å²) in [6, 6.07) is 6.24. The van der Waals surface area contributed by atoms with Crippen molar-refractivity contribution in [3.63, 3.8) is 0 Å². The lowest BCUT2D eigenvalue weighted by Crippen LogP contribution is -2.62. The van der Waals surface area contributed by atoms with Gasteiger partial charge in [-0.1, -0.05) is 18.6 Å². The fraction of sp³-hybridized carbons (Fsp3) is 0.532. The Kier molecular flexibility index (Phi) is 21.4. The van der Waals surface area contributed by atoms with Crippen LogP contribution in [0, 0.1) is 0 Å². The number of aromatic hydroxyl groups is 4. The van der Waals surface area contributed by atoms with Crippen LogP contribution in [0.15, 0.2) is 48.6 Å². The van der Waals surface area contributed by atoms with Crippen LogP contribution in [-0.4, -0.2) is 162 Å². The third-order valence-electron chi connectivity index (χ3n) is 11.8. The molecule has 69 heavy (non-hydrogen) atoms. The number of aliphatic hydroxyl groups is 5. The Labute approximate surface area is 398 Å². The Morgan fingerprint density at radius 1 is 0.710 bits per heavy atom. The lowest BCUT2D eigenvalue weighted by atomic mass is 9.78. The van der Waals surface area contributed by atoms with Crippen molar-refractivity contribution in [3.05, 3.63) is 59.7 Å². The van der Waals surface area contributed by atoms with Gasteiger partial charge in [0, 0.05) is 76.4 Å². The topological polar surface area (TPSA) is 377 Å². The minimum Gasteiger partial charge on any atom is -0.504 e. The fourth-order valence-corrected chi connectivity index (χ4v) is 8.03. The number of esters is 2. The molecule has 0 spiro atoms. The van der Waals surface area contributed by atoms with Gasteiger partial charge in [-0.15, -0.1) is 0 Å². The van der Waals surface area contributed by atoms with Gasteiger partial charge >= 0.3 is 11.9 Å². The number of amides is 3. The van der Waals surface area contributed by atoms with Crippen molar-refractivity contribution in [2.75, 3.05) is 26.2 Å². The maximum absolute atomic E-state index is 13.8. The first-order valence-electron chi connectivity index (χ1n) is 22.8. The highest BCUT2D eigenvalue weighted by molar-refractivity contribution is 5.92. The highest BCUT2D eigenvalue weighted by Crippen LogP contribution is 2.33. The zero-order chi connectivity index (χ0) is 50.7. The van der Waals surface area contributed by atoms with Crippen LogP contribution in [-0.2, 0) is 38.2 Å². The molecule has 22 heteroatoms. The van der Waals surface area contributed by atoms with Gasteiger partial charge in [0.1, 0.15) is 41.8 Å². The molecule has 0 saturated heterocycles. The van der Waals surface area contributed by atoms with Crippen LogP contribution in [0.25, 0.3) is 12.2 Å². The van der Waals surface area contributed by atoms with Crippen LogP contribution >= 0.6 is 0 Å². The van der Waals surface area contributed by atoms with Crippen LogP contribution in [0.2, 0.25) is 0 Å². The van der Waals surface area contributed by atoms with E-state index < -0.39 is 108 Å². The highest BCUT2D eigenvalue weighted by Gasteiger charge is 2.51. The number of aldehydes is 1. The predicted octanol–water partition coefficient (Wildman–Crippen LogP) is -0.854. The molecule has 2 fully saturated rings. The molecule has 0 radical (unpaired) electrons. The van der Waals surface area contributed by atoms with E-state index in [-0.39, 0.29) is 57.0 Å². The minimum absolute atomic E-state index is 0.0118. The van der Waals surface area contributed by atoms with Gasteiger partial charge in [0.25, 0.3) is 11.8 Å². The summed E-state index contributed by atoms with van der Waals surface area (Å²) in [4.78, 5) is 76.7. The van der Waals surface area contributed by atoms with Gasteiger partial charge in [-0.3, -0.25) is 14.4 Å². The molecule has 22 nitrogen and oxygen atoms in total. The molecular formula is C47H65N5O17. The van der Waals surface area contributed by atoms with Crippen molar-refractivity contribution < 1.29 is 84.2 Å². The number of rotatable bonds is 25. The maximum Gasteiger partial charge on any atom is 0.331 e. The number of carbonyl (C=O) groups is 6. The lowest BCUT2D eigenvalue weighted by Gasteiger charge is -2.41. The van der Waals surface area contributed by atoms with E-state index in [9.17, 15) is 74.7 Å². The molecule has 380 valence electrons. The molecule has 2 aromatic carbocycles. The number of hydrogen-bond acceptors (Lipinski definition) is 19. The SMILES string of the molecule is NCC(CCCCNC(=O)C(CCCNC(=O)[C@]1(O)C[C@@H](O)C[C@H](OC(=O)/C=C/c2ccc(O)c(O)c2)C1)NC(=O)[C@]1(O)C[C@@H](O)[C@@H](O)[C@H](OC(=O)/C=C/c2ccc(O)c(O)c2)C1)NCCCC=O. The van der Waals surface area contributed by atoms with Crippen LogP contribution in [0.1, 0.15) is 88.2 Å². The minimum atomic E-state index is -2.46. The normalized spacial score (nSPS) is 24.5. The van der Waals surface area contributed by atoms with E-state index in [0.29, 0.717) is 56.3 Å². The average Bonchev–Trinajstić information content (AvgIpc) is 3.29. The van der Waals surface area contributed by atoms with Crippen molar-refractivity contribution in [1.29, 1.82) is 0 Å². The number of phenols is 4. The molecule has 2 saturated carbocycles. The highest BCUT2D eigenvalue weighted by atomic mass is 16.6. The van der Waals surface area contributed by atoms with Gasteiger partial charge < -0.3 is 87.2 Å². The molecule has 3 amide bonds. The van der Waals surface area contributed by atoms with E-state index in [4.69, 9.17) is 15.2 Å². The molecule has 2 aliphatic rings. The van der Waals surface area contributed by atoms with Gasteiger partial charge in [-0.2, -0.15) is 0 Å². The largest absolute Gasteiger partial charge is 0.504 e. The van der Waals surface area contributed by atoms with E-state index in [0.717, 1.165) is 24.5 Å². The van der Waals surface area contributed by atoms with Gasteiger partial charge in [0.05, 0.1) is 12.2 Å². The average molecular weight is 972 g/mol. The number of aliphatic hydroxyl groups excluding tert-OH is 3. The van der Waals surface area contributed by atoms with Crippen LogP contribution in [0.3, 0.4) is 0 Å². The molecule has 0 aliphatic heterocycles. The van der Waals surface area contributed by atoms with E-state index in [1.807, 2.05) is 0 Å². The van der Waals surface area contributed by atoms with Gasteiger partial charge in [-0.05, 0) is 86.2 Å². The smallest absolute Gasteiger partial charge is 0.331 e. The van der Waals surface area contributed by atoms with Crippen LogP contribution < -0.4 is 27.0 Å². The van der Waals surface area contributed by atoms with Crippen molar-refractivity contribution >= 4 is 48.1 Å². The summed E-state index contributed by atoms with van der Waals surface area (Å²) < 4.78 is 10.7. The number of hydrogen-bond donors (Lipinski definition) is 14. The zero-order valence-electron chi connectivity index (χ0n) is 38.1. The summed E-state index contributed by atoms with van der Waals surface area (Å²) in [5, 5.41) is 104. The molecule has 2 aliphatic carbocycles. The van der Waals surface area contributed by atoms with Crippen LogP contribution in [0.5, 0.6) is 23.0 Å². The van der Waals surface area contributed by atoms with E-state index in [1.165, 1.54) is 42.5 Å². The number of ether oxygens (including phenoxy) is 2. The number of nitrogens with two attached hydrogens (primary N) is 1. The molecule has 4 rings (SSSR count). The molecule has 2 aromatic rings. The predicted molar refractivity (Wildman–Crippen MR) is 246 cm³/mol. The van der Waals surface area contributed by atoms with Crippen LogP contribution in [0.4, 0.5) is 0 Å². The first kappa shape index (κ1) is 55.5. The lowest BCUT2D eigenvalue weighted by molar-refractivity contribution is -0.187. The number of nitrogens with one attached hydrogen (secondary N) is 4. The molecule has 9 atom stereocenters. The molecule has 2 unspecified atom stereocenters. The summed E-state index contributed by atoms with van der Waals surface area (Å²) in [5.74, 6) is -6.22. The van der Waals surface area contributed by atoms with E-state index >= 15 is 0 Å². The Morgan fingerprint density at radius 2 is 1.32 bits per heavy atom. The monoisotopic (exact) mass is 971 g/mol. The summed E-state index contributed by atoms with van der Waals surface area (Å²) in [6.45, 7) is 0.983. The van der Waals surface area contributed by atoms with Crippen molar-refractivity contribution in [2.24, 2.45) is 5.73 Å². The van der Waals surface area contributed by atoms with Gasteiger partial charge in [0.15, 0.2) is 23.0 Å². The Balaban J connectivity index is 1.38. The van der Waals surface area contributed by atoms with E-state index in [2.05, 4.69) is 21.3 Å². The molecule has 0 bridgehead atoms. The summed E-state index contributed by atoms with van der Waals surface area (Å²) in [5.41, 5.74) is 1.89. The quantitative estimate of drug-likeness (QED) is 0.0189. The zero-order valence-corrected chi connectivity index (χ0v) is 38.1. The van der Waals surface area contributed by atoms with Gasteiger partial charge in [0.2, 0.25) is 5.91 Å². The second-order valence-corrected chi connectivity index (χ2v) is 17.4. The third kappa shape index (κ3) is 17.4. The summed E-state index contributed by atoms with van der Waals surface area (Å²) in [7, 11) is 0. The summed E-state index contributed by atoms with van der Waals surface area (Å²) in [6.07, 6.45) is -1.45.